The van der Waals surface area contributed by atoms with Crippen molar-refractivity contribution in [3.05, 3.63) is 271 Å². The van der Waals surface area contributed by atoms with Crippen LogP contribution in [0.15, 0.2) is 253 Å². The molecule has 0 radical (unpaired) electrons. The van der Waals surface area contributed by atoms with Crippen LogP contribution in [0.5, 0.6) is 0 Å². The largest absolute Gasteiger partial charge is 0.456 e. The third-order valence-corrected chi connectivity index (χ3v) is 13.0. The predicted molar refractivity (Wildman–Crippen MR) is 262 cm³/mol. The van der Waals surface area contributed by atoms with Gasteiger partial charge in [0.05, 0.1) is 11.1 Å². The number of anilines is 3. The van der Waals surface area contributed by atoms with Gasteiger partial charge in [-0.05, 0) is 104 Å². The lowest BCUT2D eigenvalue weighted by molar-refractivity contribution is 0.669. The Kier molecular flexibility index (Phi) is 8.76. The van der Waals surface area contributed by atoms with Gasteiger partial charge in [-0.25, -0.2) is 0 Å². The molecule has 0 saturated carbocycles. The summed E-state index contributed by atoms with van der Waals surface area (Å²) in [6.45, 7) is 0. The molecule has 1 aromatic heterocycles. The molecule has 296 valence electrons. The molecule has 0 fully saturated rings. The molecule has 2 nitrogen and oxygen atoms in total. The van der Waals surface area contributed by atoms with Gasteiger partial charge in [0.2, 0.25) is 0 Å². The molecule has 63 heavy (non-hydrogen) atoms. The first-order valence-corrected chi connectivity index (χ1v) is 21.7. The van der Waals surface area contributed by atoms with E-state index in [1.54, 1.807) is 0 Å². The summed E-state index contributed by atoms with van der Waals surface area (Å²) in [5.74, 6) is 0. The van der Waals surface area contributed by atoms with Crippen molar-refractivity contribution in [2.45, 2.75) is 5.41 Å². The molecule has 0 aliphatic heterocycles. The normalized spacial score (nSPS) is 12.6. The Labute approximate surface area is 367 Å². The Hall–Kier alpha value is -8.20. The highest BCUT2D eigenvalue weighted by Gasteiger charge is 2.46. The molecule has 0 bridgehead atoms. The van der Waals surface area contributed by atoms with E-state index in [-0.39, 0.29) is 0 Å². The van der Waals surface area contributed by atoms with E-state index in [1.807, 2.05) is 6.07 Å². The van der Waals surface area contributed by atoms with Crippen molar-refractivity contribution >= 4 is 39.0 Å². The van der Waals surface area contributed by atoms with E-state index in [4.69, 9.17) is 4.42 Å². The molecule has 0 saturated heterocycles. The average molecular weight is 804 g/mol. The molecule has 12 rings (SSSR count). The second-order valence-corrected chi connectivity index (χ2v) is 16.4. The molecule has 1 heterocycles. The molecule has 1 aliphatic carbocycles. The topological polar surface area (TPSA) is 16.4 Å². The Morgan fingerprint density at radius 1 is 0.333 bits per heavy atom. The first-order valence-electron chi connectivity index (χ1n) is 21.7. The molecule has 0 atom stereocenters. The van der Waals surface area contributed by atoms with E-state index in [9.17, 15) is 0 Å². The number of para-hydroxylation sites is 1. The van der Waals surface area contributed by atoms with Gasteiger partial charge in [-0.3, -0.25) is 0 Å². The molecule has 11 aromatic rings. The molecule has 0 unspecified atom stereocenters. The summed E-state index contributed by atoms with van der Waals surface area (Å²) < 4.78 is 6.61. The number of fused-ring (bicyclic) bond motifs is 6. The van der Waals surface area contributed by atoms with Crippen molar-refractivity contribution in [3.63, 3.8) is 0 Å². The quantitative estimate of drug-likeness (QED) is 0.152. The lowest BCUT2D eigenvalue weighted by atomic mass is 9.68. The van der Waals surface area contributed by atoms with Crippen LogP contribution < -0.4 is 4.90 Å². The van der Waals surface area contributed by atoms with E-state index in [0.29, 0.717) is 0 Å². The molecular formula is C61H41NO. The Balaban J connectivity index is 1.13. The minimum absolute atomic E-state index is 0.491. The molecule has 0 N–H and O–H groups in total. The van der Waals surface area contributed by atoms with Crippen molar-refractivity contribution in [1.82, 2.24) is 0 Å². The summed E-state index contributed by atoms with van der Waals surface area (Å²) in [5.41, 5.74) is 19.0. The van der Waals surface area contributed by atoms with Crippen LogP contribution in [0, 0.1) is 0 Å². The van der Waals surface area contributed by atoms with Crippen LogP contribution in [0.4, 0.5) is 17.1 Å². The van der Waals surface area contributed by atoms with Crippen LogP contribution in [0.25, 0.3) is 66.4 Å². The third-order valence-electron chi connectivity index (χ3n) is 13.0. The lowest BCUT2D eigenvalue weighted by Crippen LogP contribution is -2.28. The van der Waals surface area contributed by atoms with Crippen molar-refractivity contribution in [2.75, 3.05) is 4.90 Å². The maximum atomic E-state index is 6.61. The van der Waals surface area contributed by atoms with Gasteiger partial charge in [0.25, 0.3) is 0 Å². The van der Waals surface area contributed by atoms with Crippen LogP contribution in [0.1, 0.15) is 22.3 Å². The fraction of sp³-hybridized carbons (Fsp3) is 0.0164. The van der Waals surface area contributed by atoms with Crippen molar-refractivity contribution < 1.29 is 4.42 Å². The molecule has 0 amide bonds. The molecule has 0 spiro atoms. The van der Waals surface area contributed by atoms with E-state index >= 15 is 0 Å². The maximum absolute atomic E-state index is 6.61. The SMILES string of the molecule is c1ccc(-c2ccc(-c3c(N(c4ccc(-c5ccccc5)cc4)c4ccc5c(c4)-c4ccccc4C5(c4ccccc4)c4ccccc4)ccc4oc5ccccc5c34)cc2)cc1. The smallest absolute Gasteiger partial charge is 0.136 e. The number of hydrogen-bond donors (Lipinski definition) is 0. The van der Waals surface area contributed by atoms with Crippen molar-refractivity contribution in [3.8, 4) is 44.5 Å². The zero-order valence-corrected chi connectivity index (χ0v) is 34.5. The fourth-order valence-electron chi connectivity index (χ4n) is 10.2. The van der Waals surface area contributed by atoms with Gasteiger partial charge in [-0.15, -0.1) is 0 Å². The first-order chi connectivity index (χ1) is 31.3. The Bertz CT molecular complexity index is 3370. The number of rotatable bonds is 8. The van der Waals surface area contributed by atoms with Gasteiger partial charge in [0.15, 0.2) is 0 Å². The van der Waals surface area contributed by atoms with Gasteiger partial charge >= 0.3 is 0 Å². The second kappa shape index (κ2) is 15.1. The Morgan fingerprint density at radius 3 is 1.48 bits per heavy atom. The summed E-state index contributed by atoms with van der Waals surface area (Å²) in [5, 5.41) is 2.19. The minimum atomic E-state index is -0.491. The summed E-state index contributed by atoms with van der Waals surface area (Å²) in [6.07, 6.45) is 0. The van der Waals surface area contributed by atoms with Crippen molar-refractivity contribution in [2.24, 2.45) is 0 Å². The highest BCUT2D eigenvalue weighted by Crippen LogP contribution is 2.57. The average Bonchev–Trinajstić information content (AvgIpc) is 3.89. The lowest BCUT2D eigenvalue weighted by Gasteiger charge is -2.34. The first kappa shape index (κ1) is 36.6. The summed E-state index contributed by atoms with van der Waals surface area (Å²) in [7, 11) is 0. The standard InChI is InChI=1S/C61H41NO/c1-5-17-42(18-6-1)44-29-31-46(32-30-44)59-56(39-40-58-60(59)52-26-14-16-28-57(52)63-58)62(49-35-33-45(34-36-49)43-19-7-2-8-20-43)50-37-38-55-53(41-50)51-25-13-15-27-54(51)61(55,47-21-9-3-10-22-47)48-23-11-4-12-24-48/h1-41H. The maximum Gasteiger partial charge on any atom is 0.136 e. The van der Waals surface area contributed by atoms with Crippen LogP contribution >= 0.6 is 0 Å². The molecular weight excluding hydrogens is 763 g/mol. The third kappa shape index (κ3) is 5.95. The van der Waals surface area contributed by atoms with Gasteiger partial charge in [-0.2, -0.15) is 0 Å². The summed E-state index contributed by atoms with van der Waals surface area (Å²) in [4.78, 5) is 2.45. The number of furan rings is 1. The highest BCUT2D eigenvalue weighted by molar-refractivity contribution is 6.16. The second-order valence-electron chi connectivity index (χ2n) is 16.4. The van der Waals surface area contributed by atoms with Crippen LogP contribution in [-0.4, -0.2) is 0 Å². The number of benzene rings is 10. The monoisotopic (exact) mass is 803 g/mol. The minimum Gasteiger partial charge on any atom is -0.456 e. The summed E-state index contributed by atoms with van der Waals surface area (Å²) in [6, 6.07) is 90.2. The van der Waals surface area contributed by atoms with Gasteiger partial charge in [0.1, 0.15) is 11.2 Å². The molecule has 2 heteroatoms. The summed E-state index contributed by atoms with van der Waals surface area (Å²) >= 11 is 0. The van der Waals surface area contributed by atoms with E-state index in [0.717, 1.165) is 50.1 Å². The zero-order valence-electron chi connectivity index (χ0n) is 34.5. The van der Waals surface area contributed by atoms with Crippen LogP contribution in [-0.2, 0) is 5.41 Å². The molecule has 1 aliphatic rings. The number of nitrogens with zero attached hydrogens (tertiary/aromatic N) is 1. The van der Waals surface area contributed by atoms with Gasteiger partial charge in [0, 0.05) is 27.7 Å². The van der Waals surface area contributed by atoms with E-state index in [1.165, 1.54) is 55.6 Å². The van der Waals surface area contributed by atoms with E-state index < -0.39 is 5.41 Å². The van der Waals surface area contributed by atoms with Crippen molar-refractivity contribution in [1.29, 1.82) is 0 Å². The predicted octanol–water partition coefficient (Wildman–Crippen LogP) is 16.4. The van der Waals surface area contributed by atoms with Crippen LogP contribution in [0.2, 0.25) is 0 Å². The fourth-order valence-corrected chi connectivity index (χ4v) is 10.2. The number of hydrogen-bond acceptors (Lipinski definition) is 2. The van der Waals surface area contributed by atoms with Gasteiger partial charge < -0.3 is 9.32 Å². The Morgan fingerprint density at radius 2 is 0.825 bits per heavy atom. The highest BCUT2D eigenvalue weighted by atomic mass is 16.3. The molecule has 10 aromatic carbocycles. The van der Waals surface area contributed by atoms with Gasteiger partial charge in [-0.1, -0.05) is 206 Å². The van der Waals surface area contributed by atoms with E-state index in [2.05, 4.69) is 248 Å². The zero-order chi connectivity index (χ0) is 41.7. The van der Waals surface area contributed by atoms with Crippen LogP contribution in [0.3, 0.4) is 0 Å².